The molecule has 0 unspecified atom stereocenters. The Labute approximate surface area is 162 Å². The molecule has 144 valence electrons. The molecule has 0 spiro atoms. The van der Waals surface area contributed by atoms with Crippen LogP contribution >= 0.6 is 0 Å². The Morgan fingerprint density at radius 1 is 1.22 bits per heavy atom. The van der Waals surface area contributed by atoms with E-state index in [9.17, 15) is 4.79 Å². The Balaban J connectivity index is 1.37. The summed E-state index contributed by atoms with van der Waals surface area (Å²) in [4.78, 5) is 14.7. The molecule has 4 heteroatoms. The molecular formula is C23H30N2O2. The number of benzene rings is 2. The van der Waals surface area contributed by atoms with Gasteiger partial charge in [0, 0.05) is 26.1 Å². The minimum absolute atomic E-state index is 0.134. The van der Waals surface area contributed by atoms with Crippen LogP contribution in [0.4, 0.5) is 0 Å². The maximum Gasteiger partial charge on any atom is 0.220 e. The molecule has 0 radical (unpaired) electrons. The van der Waals surface area contributed by atoms with Crippen LogP contribution in [0.5, 0.6) is 5.75 Å². The van der Waals surface area contributed by atoms with Gasteiger partial charge in [0.1, 0.15) is 5.75 Å². The van der Waals surface area contributed by atoms with Crippen molar-refractivity contribution < 1.29 is 9.53 Å². The van der Waals surface area contributed by atoms with Crippen LogP contribution in [-0.2, 0) is 17.8 Å². The molecule has 4 nitrogen and oxygen atoms in total. The van der Waals surface area contributed by atoms with Crippen LogP contribution in [0.15, 0.2) is 48.5 Å². The number of hydrogen-bond donors (Lipinski definition) is 1. The number of methoxy groups -OCH3 is 1. The van der Waals surface area contributed by atoms with Gasteiger partial charge in [-0.15, -0.1) is 0 Å². The number of rotatable bonds is 8. The van der Waals surface area contributed by atoms with Crippen LogP contribution in [0, 0.1) is 12.8 Å². The highest BCUT2D eigenvalue weighted by molar-refractivity contribution is 5.76. The molecule has 1 atom stereocenters. The number of hydrogen-bond acceptors (Lipinski definition) is 3. The van der Waals surface area contributed by atoms with Crippen molar-refractivity contribution in [2.24, 2.45) is 5.92 Å². The normalized spacial score (nSPS) is 17.0. The van der Waals surface area contributed by atoms with Crippen LogP contribution in [0.3, 0.4) is 0 Å². The molecule has 1 aliphatic rings. The topological polar surface area (TPSA) is 41.6 Å². The number of amides is 1. The Kier molecular flexibility index (Phi) is 6.88. The monoisotopic (exact) mass is 366 g/mol. The molecule has 0 saturated carbocycles. The Bertz CT molecular complexity index is 760. The Morgan fingerprint density at radius 2 is 2.07 bits per heavy atom. The van der Waals surface area contributed by atoms with E-state index in [1.807, 2.05) is 24.3 Å². The van der Waals surface area contributed by atoms with Crippen molar-refractivity contribution in [1.82, 2.24) is 10.2 Å². The van der Waals surface area contributed by atoms with Gasteiger partial charge in [0.05, 0.1) is 7.11 Å². The van der Waals surface area contributed by atoms with Crippen molar-refractivity contribution in [3.05, 3.63) is 65.2 Å². The van der Waals surface area contributed by atoms with Gasteiger partial charge in [0.25, 0.3) is 0 Å². The van der Waals surface area contributed by atoms with Gasteiger partial charge in [0.15, 0.2) is 0 Å². The van der Waals surface area contributed by atoms with E-state index in [0.29, 0.717) is 12.3 Å². The summed E-state index contributed by atoms with van der Waals surface area (Å²) in [6, 6.07) is 16.5. The number of carbonyl (C=O) groups excluding carboxylic acids is 1. The third-order valence-corrected chi connectivity index (χ3v) is 5.39. The van der Waals surface area contributed by atoms with Crippen LogP contribution < -0.4 is 10.1 Å². The van der Waals surface area contributed by atoms with E-state index in [0.717, 1.165) is 50.3 Å². The number of ether oxygens (including phenoxy) is 1. The highest BCUT2D eigenvalue weighted by Gasteiger charge is 2.23. The predicted octanol–water partition coefficient (Wildman–Crippen LogP) is 3.57. The van der Waals surface area contributed by atoms with Gasteiger partial charge in [-0.25, -0.2) is 0 Å². The van der Waals surface area contributed by atoms with E-state index in [-0.39, 0.29) is 5.91 Å². The van der Waals surface area contributed by atoms with Crippen molar-refractivity contribution in [2.45, 2.75) is 32.7 Å². The molecule has 27 heavy (non-hydrogen) atoms. The Hall–Kier alpha value is -2.33. The maximum absolute atomic E-state index is 12.2. The lowest BCUT2D eigenvalue weighted by Gasteiger charge is -2.17. The SMILES string of the molecule is COc1cccc(CCC(=O)NC[C@@H]2CCN(Cc3ccccc3C)C2)c1. The summed E-state index contributed by atoms with van der Waals surface area (Å²) >= 11 is 0. The molecule has 1 amide bonds. The van der Waals surface area contributed by atoms with E-state index < -0.39 is 0 Å². The number of nitrogens with zero attached hydrogens (tertiary/aromatic N) is 1. The zero-order valence-electron chi connectivity index (χ0n) is 16.4. The minimum Gasteiger partial charge on any atom is -0.497 e. The molecule has 1 N–H and O–H groups in total. The van der Waals surface area contributed by atoms with Gasteiger partial charge in [0.2, 0.25) is 5.91 Å². The second kappa shape index (κ2) is 9.56. The fraction of sp³-hybridized carbons (Fsp3) is 0.435. The fourth-order valence-corrected chi connectivity index (χ4v) is 3.68. The lowest BCUT2D eigenvalue weighted by molar-refractivity contribution is -0.121. The number of carbonyl (C=O) groups is 1. The highest BCUT2D eigenvalue weighted by Crippen LogP contribution is 2.20. The summed E-state index contributed by atoms with van der Waals surface area (Å²) in [7, 11) is 1.66. The van der Waals surface area contributed by atoms with Gasteiger partial charge >= 0.3 is 0 Å². The molecule has 0 aliphatic carbocycles. The molecule has 0 aromatic heterocycles. The lowest BCUT2D eigenvalue weighted by atomic mass is 10.1. The highest BCUT2D eigenvalue weighted by atomic mass is 16.5. The molecule has 1 aliphatic heterocycles. The smallest absolute Gasteiger partial charge is 0.220 e. The largest absolute Gasteiger partial charge is 0.497 e. The van der Waals surface area contributed by atoms with Gasteiger partial charge in [-0.3, -0.25) is 9.69 Å². The predicted molar refractivity (Wildman–Crippen MR) is 109 cm³/mol. The van der Waals surface area contributed by atoms with Crippen molar-refractivity contribution >= 4 is 5.91 Å². The molecule has 1 heterocycles. The first-order valence-electron chi connectivity index (χ1n) is 9.80. The molecule has 2 aromatic carbocycles. The number of nitrogens with one attached hydrogen (secondary N) is 1. The van der Waals surface area contributed by atoms with E-state index in [2.05, 4.69) is 41.4 Å². The van der Waals surface area contributed by atoms with E-state index in [1.165, 1.54) is 11.1 Å². The third kappa shape index (κ3) is 5.83. The Morgan fingerprint density at radius 3 is 2.89 bits per heavy atom. The maximum atomic E-state index is 12.2. The quantitative estimate of drug-likeness (QED) is 0.776. The van der Waals surface area contributed by atoms with E-state index in [4.69, 9.17) is 4.74 Å². The van der Waals surface area contributed by atoms with Gasteiger partial charge in [-0.05, 0) is 61.1 Å². The molecule has 0 bridgehead atoms. The molecule has 1 fully saturated rings. The zero-order valence-corrected chi connectivity index (χ0v) is 16.4. The van der Waals surface area contributed by atoms with Crippen molar-refractivity contribution in [3.63, 3.8) is 0 Å². The van der Waals surface area contributed by atoms with Gasteiger partial charge in [-0.2, -0.15) is 0 Å². The third-order valence-electron chi connectivity index (χ3n) is 5.39. The summed E-state index contributed by atoms with van der Waals surface area (Å²) in [6.07, 6.45) is 2.42. The minimum atomic E-state index is 0.134. The first-order chi connectivity index (χ1) is 13.1. The summed E-state index contributed by atoms with van der Waals surface area (Å²) < 4.78 is 5.23. The molecule has 3 rings (SSSR count). The summed E-state index contributed by atoms with van der Waals surface area (Å²) in [5.41, 5.74) is 3.89. The van der Waals surface area contributed by atoms with Crippen LogP contribution in [-0.4, -0.2) is 37.6 Å². The zero-order chi connectivity index (χ0) is 19.1. The summed E-state index contributed by atoms with van der Waals surface area (Å²) in [5, 5.41) is 3.12. The van der Waals surface area contributed by atoms with Crippen molar-refractivity contribution in [1.29, 1.82) is 0 Å². The lowest BCUT2D eigenvalue weighted by Crippen LogP contribution is -2.31. The number of likely N-dealkylation sites (tertiary alicyclic amines) is 1. The number of aryl methyl sites for hydroxylation is 2. The average Bonchev–Trinajstić information content (AvgIpc) is 3.14. The van der Waals surface area contributed by atoms with E-state index in [1.54, 1.807) is 7.11 Å². The second-order valence-electron chi connectivity index (χ2n) is 7.47. The average molecular weight is 367 g/mol. The molecule has 1 saturated heterocycles. The van der Waals surface area contributed by atoms with Crippen LogP contribution in [0.25, 0.3) is 0 Å². The van der Waals surface area contributed by atoms with Crippen LogP contribution in [0.2, 0.25) is 0 Å². The molecule has 2 aromatic rings. The van der Waals surface area contributed by atoms with Gasteiger partial charge < -0.3 is 10.1 Å². The van der Waals surface area contributed by atoms with Gasteiger partial charge in [-0.1, -0.05) is 36.4 Å². The van der Waals surface area contributed by atoms with E-state index >= 15 is 0 Å². The summed E-state index contributed by atoms with van der Waals surface area (Å²) in [6.45, 7) is 6.13. The summed E-state index contributed by atoms with van der Waals surface area (Å²) in [5.74, 6) is 1.53. The first-order valence-corrected chi connectivity index (χ1v) is 9.80. The van der Waals surface area contributed by atoms with Crippen molar-refractivity contribution in [3.8, 4) is 5.75 Å². The second-order valence-corrected chi connectivity index (χ2v) is 7.47. The molecular weight excluding hydrogens is 336 g/mol. The first kappa shape index (κ1) is 19.4. The van der Waals surface area contributed by atoms with Crippen molar-refractivity contribution in [2.75, 3.05) is 26.7 Å². The fourth-order valence-electron chi connectivity index (χ4n) is 3.68. The van der Waals surface area contributed by atoms with Crippen LogP contribution in [0.1, 0.15) is 29.5 Å². The standard InChI is InChI=1S/C23H30N2O2/c1-18-6-3-4-8-21(18)17-25-13-12-20(16-25)15-24-23(26)11-10-19-7-5-9-22(14-19)27-2/h3-9,14,20H,10-13,15-17H2,1-2H3,(H,24,26)/t20-/m0/s1.